The molecule has 0 saturated heterocycles. The fourth-order valence-electron chi connectivity index (χ4n) is 1.98. The number of carbonyl (C=O) groups is 1. The summed E-state index contributed by atoms with van der Waals surface area (Å²) in [7, 11) is 4.19. The largest absolute Gasteiger partial charge is 0.456 e. The first-order chi connectivity index (χ1) is 9.31. The van der Waals surface area contributed by atoms with Gasteiger partial charge in [-0.05, 0) is 12.0 Å². The van der Waals surface area contributed by atoms with Gasteiger partial charge >= 0.3 is 5.97 Å². The quantitative estimate of drug-likeness (QED) is 0.564. The lowest BCUT2D eigenvalue weighted by molar-refractivity contribution is -0.928. The average molecular weight is 278 g/mol. The number of benzene rings is 1. The highest BCUT2D eigenvalue weighted by molar-refractivity contribution is 5.78. The number of hydrogen-bond donors (Lipinski definition) is 0. The van der Waals surface area contributed by atoms with Gasteiger partial charge < -0.3 is 9.22 Å². The van der Waals surface area contributed by atoms with Crippen molar-refractivity contribution in [3.8, 4) is 0 Å². The van der Waals surface area contributed by atoms with E-state index in [1.807, 2.05) is 44.2 Å². The molecule has 20 heavy (non-hydrogen) atoms. The van der Waals surface area contributed by atoms with Crippen molar-refractivity contribution >= 4 is 5.97 Å². The van der Waals surface area contributed by atoms with Crippen LogP contribution in [0.25, 0.3) is 0 Å². The molecule has 0 bridgehead atoms. The maximum absolute atomic E-state index is 12.4. The summed E-state index contributed by atoms with van der Waals surface area (Å²) in [6, 6.07) is 9.81. The van der Waals surface area contributed by atoms with Crippen molar-refractivity contribution in [2.45, 2.75) is 45.8 Å². The summed E-state index contributed by atoms with van der Waals surface area (Å²) < 4.78 is 6.15. The van der Waals surface area contributed by atoms with E-state index >= 15 is 0 Å². The fraction of sp³-hybridized carbons (Fsp3) is 0.588. The zero-order chi connectivity index (χ0) is 15.2. The molecular formula is C17H28NO2+. The number of esters is 1. The van der Waals surface area contributed by atoms with E-state index < -0.39 is 5.54 Å². The maximum atomic E-state index is 12.4. The number of hydrogen-bond acceptors (Lipinski definition) is 2. The third-order valence-corrected chi connectivity index (χ3v) is 4.30. The van der Waals surface area contributed by atoms with Crippen LogP contribution < -0.4 is 0 Å². The lowest BCUT2D eigenvalue weighted by atomic mass is 10.00. The molecule has 0 N–H and O–H groups in total. The summed E-state index contributed by atoms with van der Waals surface area (Å²) in [5.41, 5.74) is 0.486. The summed E-state index contributed by atoms with van der Waals surface area (Å²) in [5.74, 6) is -0.137. The third kappa shape index (κ3) is 4.07. The lowest BCUT2D eigenvalue weighted by Gasteiger charge is -2.42. The van der Waals surface area contributed by atoms with Crippen molar-refractivity contribution in [1.29, 1.82) is 0 Å². The van der Waals surface area contributed by atoms with E-state index in [4.69, 9.17) is 4.74 Å². The molecule has 1 rings (SSSR count). The Bertz CT molecular complexity index is 424. The van der Waals surface area contributed by atoms with E-state index in [-0.39, 0.29) is 5.97 Å². The summed E-state index contributed by atoms with van der Waals surface area (Å²) in [6.45, 7) is 7.42. The molecule has 0 saturated carbocycles. The van der Waals surface area contributed by atoms with E-state index in [2.05, 4.69) is 21.0 Å². The molecular weight excluding hydrogens is 250 g/mol. The molecule has 3 nitrogen and oxygen atoms in total. The smallest absolute Gasteiger partial charge is 0.367 e. The summed E-state index contributed by atoms with van der Waals surface area (Å²) >= 11 is 0. The van der Waals surface area contributed by atoms with Crippen LogP contribution in [0.2, 0.25) is 0 Å². The van der Waals surface area contributed by atoms with E-state index in [1.165, 1.54) is 0 Å². The van der Waals surface area contributed by atoms with Gasteiger partial charge in [-0.25, -0.2) is 4.79 Å². The number of ether oxygens (including phenoxy) is 1. The van der Waals surface area contributed by atoms with E-state index in [0.29, 0.717) is 11.1 Å². The number of unbranched alkanes of at least 4 members (excludes halogenated alkanes) is 1. The zero-order valence-corrected chi connectivity index (χ0v) is 13.5. The second kappa shape index (κ2) is 6.89. The van der Waals surface area contributed by atoms with Crippen LogP contribution >= 0.6 is 0 Å². The Morgan fingerprint density at radius 1 is 1.20 bits per heavy atom. The van der Waals surface area contributed by atoms with Crippen molar-refractivity contribution in [2.75, 3.05) is 20.6 Å². The van der Waals surface area contributed by atoms with Gasteiger partial charge in [-0.2, -0.15) is 0 Å². The maximum Gasteiger partial charge on any atom is 0.367 e. The highest BCUT2D eigenvalue weighted by atomic mass is 16.5. The molecule has 0 atom stereocenters. The molecule has 0 aliphatic rings. The third-order valence-electron chi connectivity index (χ3n) is 4.30. The van der Waals surface area contributed by atoms with Crippen LogP contribution in [0.5, 0.6) is 0 Å². The van der Waals surface area contributed by atoms with Gasteiger partial charge in [-0.15, -0.1) is 0 Å². The van der Waals surface area contributed by atoms with Crippen LogP contribution in [0.15, 0.2) is 30.3 Å². The number of likely N-dealkylation sites (N-methyl/N-ethyl adjacent to an activating group) is 1. The normalized spacial score (nSPS) is 12.2. The van der Waals surface area contributed by atoms with Crippen molar-refractivity contribution in [2.24, 2.45) is 0 Å². The van der Waals surface area contributed by atoms with Crippen molar-refractivity contribution in [3.63, 3.8) is 0 Å². The number of rotatable bonds is 7. The molecule has 1 aromatic rings. The Morgan fingerprint density at radius 3 is 2.35 bits per heavy atom. The molecule has 0 heterocycles. The predicted octanol–water partition coefficient (Wildman–Crippen LogP) is 3.38. The Kier molecular flexibility index (Phi) is 5.75. The van der Waals surface area contributed by atoms with Crippen molar-refractivity contribution in [1.82, 2.24) is 0 Å². The van der Waals surface area contributed by atoms with Crippen LogP contribution in [-0.2, 0) is 16.1 Å². The number of carbonyl (C=O) groups excluding carboxylic acids is 1. The van der Waals surface area contributed by atoms with E-state index in [9.17, 15) is 4.79 Å². The molecule has 0 fully saturated rings. The first-order valence-electron chi connectivity index (χ1n) is 7.35. The van der Waals surface area contributed by atoms with Gasteiger partial charge in [-0.3, -0.25) is 0 Å². The molecule has 0 aromatic heterocycles. The Labute approximate surface area is 123 Å². The van der Waals surface area contributed by atoms with Gasteiger partial charge in [0.1, 0.15) is 6.61 Å². The topological polar surface area (TPSA) is 26.3 Å². The van der Waals surface area contributed by atoms with Crippen LogP contribution in [0.1, 0.15) is 39.2 Å². The Balaban J connectivity index is 2.64. The minimum absolute atomic E-state index is 0.137. The summed E-state index contributed by atoms with van der Waals surface area (Å²) in [5, 5.41) is 0. The fourth-order valence-corrected chi connectivity index (χ4v) is 1.98. The van der Waals surface area contributed by atoms with Crippen molar-refractivity contribution in [3.05, 3.63) is 35.9 Å². The first-order valence-corrected chi connectivity index (χ1v) is 7.35. The predicted molar refractivity (Wildman–Crippen MR) is 82.2 cm³/mol. The molecule has 0 spiro atoms. The first kappa shape index (κ1) is 16.7. The van der Waals surface area contributed by atoms with Crippen LogP contribution in [0.3, 0.4) is 0 Å². The zero-order valence-electron chi connectivity index (χ0n) is 13.5. The van der Waals surface area contributed by atoms with Gasteiger partial charge in [0.05, 0.1) is 20.6 Å². The molecule has 1 aromatic carbocycles. The SMILES string of the molecule is CCCC[N+](C)(C)C(C)(C)C(=O)OCc1ccccc1. The van der Waals surface area contributed by atoms with Gasteiger partial charge in [0.2, 0.25) is 0 Å². The average Bonchev–Trinajstić information content (AvgIpc) is 2.43. The van der Waals surface area contributed by atoms with Crippen LogP contribution in [0, 0.1) is 0 Å². The van der Waals surface area contributed by atoms with Crippen LogP contribution in [-0.4, -0.2) is 36.6 Å². The standard InChI is InChI=1S/C17H28NO2/c1-6-7-13-18(4,5)17(2,3)16(19)20-14-15-11-9-8-10-12-15/h8-12H,6-7,13-14H2,1-5H3/q+1. The lowest BCUT2D eigenvalue weighted by Crippen LogP contribution is -2.61. The second-order valence-corrected chi connectivity index (χ2v) is 6.38. The Morgan fingerprint density at radius 2 is 1.80 bits per heavy atom. The summed E-state index contributed by atoms with van der Waals surface area (Å²) in [4.78, 5) is 12.4. The van der Waals surface area contributed by atoms with Gasteiger partial charge in [0, 0.05) is 13.8 Å². The molecule has 0 aliphatic heterocycles. The molecule has 0 aliphatic carbocycles. The second-order valence-electron chi connectivity index (χ2n) is 6.38. The van der Waals surface area contributed by atoms with Crippen LogP contribution in [0.4, 0.5) is 0 Å². The monoisotopic (exact) mass is 278 g/mol. The Hall–Kier alpha value is -1.35. The number of nitrogens with zero attached hydrogens (tertiary/aromatic N) is 1. The summed E-state index contributed by atoms with van der Waals surface area (Å²) in [6.07, 6.45) is 2.25. The molecule has 3 heteroatoms. The van der Waals surface area contributed by atoms with Crippen molar-refractivity contribution < 1.29 is 14.0 Å². The van der Waals surface area contributed by atoms with Gasteiger partial charge in [0.15, 0.2) is 5.54 Å². The highest BCUT2D eigenvalue weighted by Crippen LogP contribution is 2.23. The molecule has 0 amide bonds. The molecule has 0 unspecified atom stereocenters. The highest BCUT2D eigenvalue weighted by Gasteiger charge is 2.44. The molecule has 112 valence electrons. The number of quaternary nitrogens is 1. The van der Waals surface area contributed by atoms with E-state index in [1.54, 1.807) is 0 Å². The minimum Gasteiger partial charge on any atom is -0.456 e. The van der Waals surface area contributed by atoms with E-state index in [0.717, 1.165) is 24.9 Å². The minimum atomic E-state index is -0.538. The molecule has 0 radical (unpaired) electrons. The van der Waals surface area contributed by atoms with Gasteiger partial charge in [-0.1, -0.05) is 43.7 Å². The van der Waals surface area contributed by atoms with Gasteiger partial charge in [0.25, 0.3) is 0 Å².